The second-order valence-corrected chi connectivity index (χ2v) is 4.70. The van der Waals surface area contributed by atoms with Crippen LogP contribution in [0.2, 0.25) is 0 Å². The van der Waals surface area contributed by atoms with Crippen molar-refractivity contribution >= 4 is 0 Å². The Hall–Kier alpha value is -0.120. The molecule has 2 saturated heterocycles. The van der Waals surface area contributed by atoms with Crippen LogP contribution < -0.4 is 5.32 Å². The van der Waals surface area contributed by atoms with E-state index < -0.39 is 0 Å². The standard InChI is InChI=1S/C10H17NO2/c1-2-4-10(3-1)11-9(5-6-13-10)7-12-8-9/h11H,1-8H2. The summed E-state index contributed by atoms with van der Waals surface area (Å²) in [6.45, 7) is 2.69. The molecule has 0 aromatic carbocycles. The molecule has 3 heteroatoms. The number of hydrogen-bond donors (Lipinski definition) is 1. The first-order chi connectivity index (χ1) is 6.33. The summed E-state index contributed by atoms with van der Waals surface area (Å²) in [4.78, 5) is 0. The third-order valence-corrected chi connectivity index (χ3v) is 3.62. The van der Waals surface area contributed by atoms with E-state index in [1.54, 1.807) is 0 Å². The van der Waals surface area contributed by atoms with Gasteiger partial charge in [-0.1, -0.05) is 0 Å². The van der Waals surface area contributed by atoms with E-state index in [-0.39, 0.29) is 11.3 Å². The van der Waals surface area contributed by atoms with E-state index in [1.807, 2.05) is 0 Å². The molecule has 1 aliphatic carbocycles. The molecule has 3 fully saturated rings. The van der Waals surface area contributed by atoms with Gasteiger partial charge in [0.25, 0.3) is 0 Å². The van der Waals surface area contributed by atoms with Gasteiger partial charge in [0.05, 0.1) is 25.4 Å². The Morgan fingerprint density at radius 1 is 1.00 bits per heavy atom. The van der Waals surface area contributed by atoms with Crippen LogP contribution in [0.3, 0.4) is 0 Å². The molecule has 0 aromatic heterocycles. The fourth-order valence-electron chi connectivity index (χ4n) is 2.80. The smallest absolute Gasteiger partial charge is 0.119 e. The largest absolute Gasteiger partial charge is 0.377 e. The molecule has 2 aliphatic heterocycles. The third-order valence-electron chi connectivity index (χ3n) is 3.62. The zero-order valence-corrected chi connectivity index (χ0v) is 7.97. The van der Waals surface area contributed by atoms with E-state index in [9.17, 15) is 0 Å². The molecule has 3 aliphatic rings. The molecular formula is C10H17NO2. The monoisotopic (exact) mass is 183 g/mol. The Morgan fingerprint density at radius 2 is 1.77 bits per heavy atom. The Labute approximate surface area is 78.8 Å². The maximum atomic E-state index is 5.89. The summed E-state index contributed by atoms with van der Waals surface area (Å²) in [5.74, 6) is 0. The molecule has 0 aromatic rings. The first kappa shape index (κ1) is 8.21. The molecule has 1 N–H and O–H groups in total. The lowest BCUT2D eigenvalue weighted by Crippen LogP contribution is -2.70. The Balaban J connectivity index is 1.76. The topological polar surface area (TPSA) is 30.5 Å². The molecule has 0 unspecified atom stereocenters. The van der Waals surface area contributed by atoms with Crippen molar-refractivity contribution < 1.29 is 9.47 Å². The van der Waals surface area contributed by atoms with Gasteiger partial charge in [-0.05, 0) is 32.1 Å². The number of hydrogen-bond acceptors (Lipinski definition) is 3. The van der Waals surface area contributed by atoms with Crippen molar-refractivity contribution in [3.63, 3.8) is 0 Å². The van der Waals surface area contributed by atoms with Crippen molar-refractivity contribution in [2.45, 2.75) is 43.4 Å². The number of ether oxygens (including phenoxy) is 2. The lowest BCUT2D eigenvalue weighted by atomic mass is 9.89. The summed E-state index contributed by atoms with van der Waals surface area (Å²) in [6, 6.07) is 0. The minimum absolute atomic E-state index is 0.0298. The highest BCUT2D eigenvalue weighted by Gasteiger charge is 2.50. The van der Waals surface area contributed by atoms with E-state index in [1.165, 1.54) is 25.7 Å². The fourth-order valence-corrected chi connectivity index (χ4v) is 2.80. The van der Waals surface area contributed by atoms with Crippen molar-refractivity contribution in [1.82, 2.24) is 5.32 Å². The predicted octanol–water partition coefficient (Wildman–Crippen LogP) is 1.04. The highest BCUT2D eigenvalue weighted by Crippen LogP contribution is 2.38. The minimum Gasteiger partial charge on any atom is -0.377 e. The van der Waals surface area contributed by atoms with Crippen molar-refractivity contribution in [3.05, 3.63) is 0 Å². The van der Waals surface area contributed by atoms with E-state index >= 15 is 0 Å². The first-order valence-corrected chi connectivity index (χ1v) is 5.34. The molecule has 0 radical (unpaired) electrons. The van der Waals surface area contributed by atoms with Crippen molar-refractivity contribution in [2.24, 2.45) is 0 Å². The van der Waals surface area contributed by atoms with E-state index in [0.717, 1.165) is 26.2 Å². The quantitative estimate of drug-likeness (QED) is 0.608. The summed E-state index contributed by atoms with van der Waals surface area (Å²) >= 11 is 0. The van der Waals surface area contributed by atoms with Crippen molar-refractivity contribution in [1.29, 1.82) is 0 Å². The lowest BCUT2D eigenvalue weighted by Gasteiger charge is -2.52. The Kier molecular flexibility index (Phi) is 1.70. The average molecular weight is 183 g/mol. The summed E-state index contributed by atoms with van der Waals surface area (Å²) in [5, 5.41) is 3.69. The molecule has 2 heterocycles. The highest BCUT2D eigenvalue weighted by molar-refractivity contribution is 5.03. The number of nitrogens with one attached hydrogen (secondary N) is 1. The van der Waals surface area contributed by atoms with Gasteiger partial charge in [0.1, 0.15) is 5.72 Å². The van der Waals surface area contributed by atoms with Crippen LogP contribution in [0.25, 0.3) is 0 Å². The lowest BCUT2D eigenvalue weighted by molar-refractivity contribution is -0.193. The van der Waals surface area contributed by atoms with Gasteiger partial charge in [0.15, 0.2) is 0 Å². The second-order valence-electron chi connectivity index (χ2n) is 4.70. The molecule has 1 saturated carbocycles. The van der Waals surface area contributed by atoms with Crippen LogP contribution in [-0.4, -0.2) is 31.1 Å². The van der Waals surface area contributed by atoms with Gasteiger partial charge in [-0.2, -0.15) is 0 Å². The minimum atomic E-state index is 0.0298. The van der Waals surface area contributed by atoms with E-state index in [4.69, 9.17) is 9.47 Å². The van der Waals surface area contributed by atoms with Crippen molar-refractivity contribution in [3.8, 4) is 0 Å². The van der Waals surface area contributed by atoms with Crippen molar-refractivity contribution in [2.75, 3.05) is 19.8 Å². The molecular weight excluding hydrogens is 166 g/mol. The number of rotatable bonds is 0. The first-order valence-electron chi connectivity index (χ1n) is 5.34. The predicted molar refractivity (Wildman–Crippen MR) is 48.5 cm³/mol. The zero-order valence-electron chi connectivity index (χ0n) is 7.97. The highest BCUT2D eigenvalue weighted by atomic mass is 16.5. The zero-order chi connectivity index (χ0) is 8.78. The average Bonchev–Trinajstić information content (AvgIpc) is 2.51. The molecule has 74 valence electrons. The maximum absolute atomic E-state index is 5.89. The third kappa shape index (κ3) is 1.22. The molecule has 3 rings (SSSR count). The van der Waals surface area contributed by atoms with Gasteiger partial charge in [-0.25, -0.2) is 0 Å². The molecule has 2 spiro atoms. The Morgan fingerprint density at radius 3 is 2.38 bits per heavy atom. The molecule has 13 heavy (non-hydrogen) atoms. The summed E-state index contributed by atoms with van der Waals surface area (Å²) < 4.78 is 11.2. The fraction of sp³-hybridized carbons (Fsp3) is 1.00. The molecule has 0 bridgehead atoms. The SMILES string of the molecule is C1CCC2(C1)NC1(CCO2)COC1. The maximum Gasteiger partial charge on any atom is 0.119 e. The van der Waals surface area contributed by atoms with Crippen LogP contribution in [-0.2, 0) is 9.47 Å². The molecule has 0 amide bonds. The summed E-state index contributed by atoms with van der Waals surface area (Å²) in [5.41, 5.74) is 0.310. The van der Waals surface area contributed by atoms with Gasteiger partial charge < -0.3 is 9.47 Å². The van der Waals surface area contributed by atoms with Gasteiger partial charge >= 0.3 is 0 Å². The van der Waals surface area contributed by atoms with Crippen LogP contribution in [0.1, 0.15) is 32.1 Å². The van der Waals surface area contributed by atoms with Gasteiger partial charge in [0, 0.05) is 0 Å². The van der Waals surface area contributed by atoms with Crippen LogP contribution >= 0.6 is 0 Å². The normalized spacial score (nSPS) is 35.1. The van der Waals surface area contributed by atoms with Crippen LogP contribution in [0.5, 0.6) is 0 Å². The summed E-state index contributed by atoms with van der Waals surface area (Å²) in [7, 11) is 0. The van der Waals surface area contributed by atoms with Crippen LogP contribution in [0, 0.1) is 0 Å². The van der Waals surface area contributed by atoms with Gasteiger partial charge in [0.2, 0.25) is 0 Å². The van der Waals surface area contributed by atoms with E-state index in [0.29, 0.717) is 0 Å². The molecule has 3 nitrogen and oxygen atoms in total. The van der Waals surface area contributed by atoms with Crippen LogP contribution in [0.4, 0.5) is 0 Å². The molecule has 0 atom stereocenters. The second kappa shape index (κ2) is 2.69. The van der Waals surface area contributed by atoms with Crippen LogP contribution in [0.15, 0.2) is 0 Å². The summed E-state index contributed by atoms with van der Waals surface area (Å²) in [6.07, 6.45) is 6.12. The van der Waals surface area contributed by atoms with E-state index in [2.05, 4.69) is 5.32 Å². The van der Waals surface area contributed by atoms with Gasteiger partial charge in [-0.3, -0.25) is 5.32 Å². The van der Waals surface area contributed by atoms with Gasteiger partial charge in [-0.15, -0.1) is 0 Å². The Bertz CT molecular complexity index is 207.